The topological polar surface area (TPSA) is 39.1 Å². The van der Waals surface area contributed by atoms with Gasteiger partial charge in [0.05, 0.1) is 5.52 Å². The Morgan fingerprint density at radius 3 is 2.91 bits per heavy atom. The van der Waals surface area contributed by atoms with Crippen LogP contribution < -0.4 is 5.32 Å². The molecule has 1 aromatic carbocycles. The Hall–Kier alpha value is -0.910. The maximum atomic E-state index is 5.16. The van der Waals surface area contributed by atoms with Crippen LogP contribution in [-0.2, 0) is 11.3 Å². The highest BCUT2D eigenvalue weighted by Crippen LogP contribution is 2.31. The lowest BCUT2D eigenvalue weighted by molar-refractivity contribution is 0.189. The van der Waals surface area contributed by atoms with E-state index in [0.717, 1.165) is 24.2 Å². The van der Waals surface area contributed by atoms with Crippen molar-refractivity contribution in [2.75, 3.05) is 13.7 Å². The Morgan fingerprint density at radius 1 is 1.45 bits per heavy atom. The number of hydrogen-bond donors (Lipinski definition) is 1. The molecule has 3 rings (SSSR count). The van der Waals surface area contributed by atoms with Gasteiger partial charge in [0, 0.05) is 37.7 Å². The molecule has 1 heterocycles. The highest BCUT2D eigenvalue weighted by molar-refractivity contribution is 9.10. The zero-order valence-corrected chi connectivity index (χ0v) is 15.1. The minimum atomic E-state index is 0.386. The Balaban J connectivity index is 1.92. The molecule has 1 aliphatic carbocycles. The van der Waals surface area contributed by atoms with Crippen LogP contribution in [0, 0.1) is 6.92 Å². The van der Waals surface area contributed by atoms with E-state index in [1.807, 2.05) is 0 Å². The minimum absolute atomic E-state index is 0.386. The first-order chi connectivity index (χ1) is 10.6. The van der Waals surface area contributed by atoms with Crippen molar-refractivity contribution in [2.45, 2.75) is 51.7 Å². The van der Waals surface area contributed by atoms with Gasteiger partial charge in [-0.15, -0.1) is 0 Å². The molecule has 0 amide bonds. The number of nitrogens with zero attached hydrogens (tertiary/aromatic N) is 2. The molecule has 0 aliphatic heterocycles. The molecule has 0 spiro atoms. The van der Waals surface area contributed by atoms with Crippen molar-refractivity contribution in [1.29, 1.82) is 0 Å². The number of fused-ring (bicyclic) bond motifs is 1. The summed E-state index contributed by atoms with van der Waals surface area (Å²) in [7, 11) is 1.74. The molecule has 1 aromatic heterocycles. The van der Waals surface area contributed by atoms with E-state index in [0.29, 0.717) is 12.1 Å². The lowest BCUT2D eigenvalue weighted by Gasteiger charge is -2.15. The zero-order valence-electron chi connectivity index (χ0n) is 13.5. The smallest absolute Gasteiger partial charge is 0.136 e. The summed E-state index contributed by atoms with van der Waals surface area (Å²) in [5.74, 6) is 0. The van der Waals surface area contributed by atoms with Gasteiger partial charge in [-0.05, 0) is 66.2 Å². The number of methoxy groups -OCH3 is 1. The summed E-state index contributed by atoms with van der Waals surface area (Å²) in [6, 6.07) is 5.67. The molecule has 1 unspecified atom stereocenters. The van der Waals surface area contributed by atoms with Gasteiger partial charge in [-0.2, -0.15) is 5.10 Å². The first kappa shape index (κ1) is 16.0. The number of aryl methyl sites for hydroxylation is 2. The van der Waals surface area contributed by atoms with E-state index < -0.39 is 0 Å². The Labute approximate surface area is 140 Å². The molecule has 120 valence electrons. The fourth-order valence-electron chi connectivity index (χ4n) is 2.96. The van der Waals surface area contributed by atoms with Gasteiger partial charge >= 0.3 is 0 Å². The number of rotatable bonds is 7. The molecule has 5 heteroatoms. The standard InChI is InChI=1S/C17H24BrN3O/c1-11-9-13(12(2)19-14-5-6-14)10-15-16(11)17(18)20-21(15)7-4-8-22-3/h9-10,12,14,19H,4-8H2,1-3H3. The van der Waals surface area contributed by atoms with E-state index >= 15 is 0 Å². The van der Waals surface area contributed by atoms with Crippen LogP contribution in [0.4, 0.5) is 0 Å². The van der Waals surface area contributed by atoms with Gasteiger partial charge in [0.25, 0.3) is 0 Å². The summed E-state index contributed by atoms with van der Waals surface area (Å²) in [6.45, 7) is 6.06. The highest BCUT2D eigenvalue weighted by atomic mass is 79.9. The molecule has 1 atom stereocenters. The first-order valence-electron chi connectivity index (χ1n) is 8.01. The van der Waals surface area contributed by atoms with Crippen LogP contribution >= 0.6 is 15.9 Å². The van der Waals surface area contributed by atoms with E-state index in [4.69, 9.17) is 4.74 Å². The molecule has 22 heavy (non-hydrogen) atoms. The van der Waals surface area contributed by atoms with Crippen LogP contribution in [0.2, 0.25) is 0 Å². The Kier molecular flexibility index (Phi) is 4.85. The first-order valence-corrected chi connectivity index (χ1v) is 8.81. The lowest BCUT2D eigenvalue weighted by Crippen LogP contribution is -2.20. The summed E-state index contributed by atoms with van der Waals surface area (Å²) in [5.41, 5.74) is 3.83. The number of aromatic nitrogens is 2. The lowest BCUT2D eigenvalue weighted by atomic mass is 10.0. The molecule has 1 fully saturated rings. The van der Waals surface area contributed by atoms with Crippen molar-refractivity contribution >= 4 is 26.8 Å². The van der Waals surface area contributed by atoms with E-state index in [9.17, 15) is 0 Å². The second-order valence-corrected chi connectivity index (χ2v) is 7.01. The van der Waals surface area contributed by atoms with Gasteiger partial charge in [-0.25, -0.2) is 0 Å². The number of halogens is 1. The third-order valence-corrected chi connectivity index (χ3v) is 4.87. The van der Waals surface area contributed by atoms with Gasteiger partial charge in [-0.1, -0.05) is 6.07 Å². The minimum Gasteiger partial charge on any atom is -0.385 e. The predicted octanol–water partition coefficient (Wildman–Crippen LogP) is 3.96. The maximum Gasteiger partial charge on any atom is 0.136 e. The molecule has 2 aromatic rings. The average molecular weight is 366 g/mol. The van der Waals surface area contributed by atoms with Gasteiger partial charge in [0.15, 0.2) is 0 Å². The highest BCUT2D eigenvalue weighted by Gasteiger charge is 2.24. The molecule has 0 radical (unpaired) electrons. The van der Waals surface area contributed by atoms with E-state index in [1.165, 1.54) is 34.9 Å². The third-order valence-electron chi connectivity index (χ3n) is 4.31. The van der Waals surface area contributed by atoms with Crippen molar-refractivity contribution in [3.63, 3.8) is 0 Å². The number of nitrogens with one attached hydrogen (secondary N) is 1. The van der Waals surface area contributed by atoms with Gasteiger partial charge in [0.1, 0.15) is 4.60 Å². The quantitative estimate of drug-likeness (QED) is 0.754. The molecule has 1 N–H and O–H groups in total. The summed E-state index contributed by atoms with van der Waals surface area (Å²) >= 11 is 3.61. The summed E-state index contributed by atoms with van der Waals surface area (Å²) < 4.78 is 8.19. The van der Waals surface area contributed by atoms with Crippen molar-refractivity contribution in [1.82, 2.24) is 15.1 Å². The van der Waals surface area contributed by atoms with Gasteiger partial charge < -0.3 is 10.1 Å². The largest absolute Gasteiger partial charge is 0.385 e. The number of benzene rings is 1. The van der Waals surface area contributed by atoms with Crippen LogP contribution in [0.15, 0.2) is 16.7 Å². The Morgan fingerprint density at radius 2 is 2.23 bits per heavy atom. The van der Waals surface area contributed by atoms with Crippen molar-refractivity contribution in [2.24, 2.45) is 0 Å². The van der Waals surface area contributed by atoms with Crippen molar-refractivity contribution in [3.05, 3.63) is 27.9 Å². The number of hydrogen-bond acceptors (Lipinski definition) is 3. The van der Waals surface area contributed by atoms with Crippen LogP contribution in [0.1, 0.15) is 43.4 Å². The average Bonchev–Trinajstić information content (AvgIpc) is 3.23. The SMILES string of the molecule is COCCCn1nc(Br)c2c(C)cc(C(C)NC3CC3)cc21. The van der Waals surface area contributed by atoms with Crippen molar-refractivity contribution in [3.8, 4) is 0 Å². The number of ether oxygens (including phenoxy) is 1. The van der Waals surface area contributed by atoms with Crippen LogP contribution in [0.5, 0.6) is 0 Å². The Bertz CT molecular complexity index is 663. The maximum absolute atomic E-state index is 5.16. The van der Waals surface area contributed by atoms with E-state index in [-0.39, 0.29) is 0 Å². The van der Waals surface area contributed by atoms with Gasteiger partial charge in [-0.3, -0.25) is 4.68 Å². The zero-order chi connectivity index (χ0) is 15.7. The molecule has 0 saturated heterocycles. The fourth-order valence-corrected chi connectivity index (χ4v) is 3.66. The summed E-state index contributed by atoms with van der Waals surface area (Å²) in [5, 5.41) is 9.55. The molecular weight excluding hydrogens is 342 g/mol. The van der Waals surface area contributed by atoms with E-state index in [2.05, 4.69) is 57.0 Å². The molecular formula is C17H24BrN3O. The van der Waals surface area contributed by atoms with E-state index in [1.54, 1.807) is 7.11 Å². The fraction of sp³-hybridized carbons (Fsp3) is 0.588. The predicted molar refractivity (Wildman–Crippen MR) is 93.2 cm³/mol. The third kappa shape index (κ3) is 3.36. The normalized spacial score (nSPS) is 16.4. The summed E-state index contributed by atoms with van der Waals surface area (Å²) in [6.07, 6.45) is 3.59. The molecule has 1 aliphatic rings. The monoisotopic (exact) mass is 365 g/mol. The molecule has 4 nitrogen and oxygen atoms in total. The van der Waals surface area contributed by atoms with Crippen LogP contribution in [0.25, 0.3) is 10.9 Å². The van der Waals surface area contributed by atoms with Gasteiger partial charge in [0.2, 0.25) is 0 Å². The molecule has 1 saturated carbocycles. The second kappa shape index (κ2) is 6.69. The van der Waals surface area contributed by atoms with Crippen molar-refractivity contribution < 1.29 is 4.74 Å². The van der Waals surface area contributed by atoms with Crippen LogP contribution in [0.3, 0.4) is 0 Å². The summed E-state index contributed by atoms with van der Waals surface area (Å²) in [4.78, 5) is 0. The van der Waals surface area contributed by atoms with Crippen LogP contribution in [-0.4, -0.2) is 29.5 Å². The second-order valence-electron chi connectivity index (χ2n) is 6.25. The molecule has 0 bridgehead atoms.